The summed E-state index contributed by atoms with van der Waals surface area (Å²) in [6, 6.07) is 15.8. The molecular formula is C28H25F6N5O3S. The molecule has 0 saturated carbocycles. The van der Waals surface area contributed by atoms with Gasteiger partial charge in [-0.15, -0.1) is 13.2 Å². The van der Waals surface area contributed by atoms with Gasteiger partial charge in [0.15, 0.2) is 15.5 Å². The number of alkyl halides is 6. The van der Waals surface area contributed by atoms with Crippen LogP contribution >= 0.6 is 0 Å². The Morgan fingerprint density at radius 1 is 1.00 bits per heavy atom. The van der Waals surface area contributed by atoms with Gasteiger partial charge >= 0.3 is 12.5 Å². The zero-order valence-electron chi connectivity index (χ0n) is 22.6. The number of aryl methyl sites for hydroxylation is 1. The van der Waals surface area contributed by atoms with Crippen molar-refractivity contribution in [2.75, 3.05) is 11.3 Å². The Bertz CT molecular complexity index is 1780. The molecule has 0 spiro atoms. The molecule has 8 nitrogen and oxygen atoms in total. The van der Waals surface area contributed by atoms with Gasteiger partial charge in [-0.25, -0.2) is 19.2 Å². The topological polar surface area (TPSA) is 116 Å². The summed E-state index contributed by atoms with van der Waals surface area (Å²) in [7, 11) is -3.57. The summed E-state index contributed by atoms with van der Waals surface area (Å²) in [6.07, 6.45) is -7.10. The second-order valence-electron chi connectivity index (χ2n) is 9.40. The number of hydrogen-bond donors (Lipinski definition) is 2. The summed E-state index contributed by atoms with van der Waals surface area (Å²) in [5.41, 5.74) is 5.93. The number of benzene rings is 3. The first kappa shape index (κ1) is 31.4. The average Bonchev–Trinajstić information content (AvgIpc) is 3.32. The Hall–Kier alpha value is -4.50. The van der Waals surface area contributed by atoms with Crippen LogP contribution in [0.1, 0.15) is 17.1 Å². The highest BCUT2D eigenvalue weighted by Crippen LogP contribution is 2.36. The van der Waals surface area contributed by atoms with Gasteiger partial charge in [0.1, 0.15) is 11.6 Å². The van der Waals surface area contributed by atoms with Crippen LogP contribution in [0.4, 0.5) is 32.0 Å². The quantitative estimate of drug-likeness (QED) is 0.143. The van der Waals surface area contributed by atoms with E-state index in [1.807, 2.05) is 0 Å². The maximum Gasteiger partial charge on any atom is 0.573 e. The first-order valence-electron chi connectivity index (χ1n) is 12.4. The van der Waals surface area contributed by atoms with Gasteiger partial charge in [-0.1, -0.05) is 36.4 Å². The third-order valence-corrected chi connectivity index (χ3v) is 7.44. The molecule has 4 rings (SSSR count). The van der Waals surface area contributed by atoms with Crippen LogP contribution in [-0.4, -0.2) is 30.6 Å². The number of para-hydroxylation sites is 1. The van der Waals surface area contributed by atoms with Crippen molar-refractivity contribution >= 4 is 15.5 Å². The summed E-state index contributed by atoms with van der Waals surface area (Å²) in [5, 5.41) is 1.02. The van der Waals surface area contributed by atoms with Gasteiger partial charge in [-0.2, -0.15) is 13.2 Å². The lowest BCUT2D eigenvalue weighted by Gasteiger charge is -2.26. The number of nitrogens with zero attached hydrogens (tertiary/aromatic N) is 3. The lowest BCUT2D eigenvalue weighted by atomic mass is 10.0. The molecule has 4 N–H and O–H groups in total. The number of allylic oxidation sites excluding steroid dienone is 1. The molecule has 228 valence electrons. The third-order valence-electron chi connectivity index (χ3n) is 6.33. The standard InChI is InChI=1S/C28H25F6N5O3S/c1-17-37-26(27(29,30)31)16-38(17)23-11-10-19(18-7-5-8-22(13-18)43(2,40)41)14-24(23)39(36)21(15-35)12-20-6-3-4-9-25(20)42-28(32,33)34/h3-11,13-16H,12,35-36H2,1-2H3/b21-15-. The van der Waals surface area contributed by atoms with Crippen molar-refractivity contribution in [1.29, 1.82) is 0 Å². The highest BCUT2D eigenvalue weighted by Gasteiger charge is 2.35. The van der Waals surface area contributed by atoms with E-state index in [1.54, 1.807) is 12.1 Å². The maximum absolute atomic E-state index is 13.5. The number of ether oxygens (including phenoxy) is 1. The Kier molecular flexibility index (Phi) is 8.51. The minimum Gasteiger partial charge on any atom is -0.405 e. The lowest BCUT2D eigenvalue weighted by Crippen LogP contribution is -2.33. The minimum absolute atomic E-state index is 0.0315. The van der Waals surface area contributed by atoms with Gasteiger partial charge < -0.3 is 15.0 Å². The lowest BCUT2D eigenvalue weighted by molar-refractivity contribution is -0.274. The number of hydrazine groups is 1. The smallest absolute Gasteiger partial charge is 0.405 e. The van der Waals surface area contributed by atoms with Crippen LogP contribution in [0.25, 0.3) is 16.8 Å². The number of nitrogens with two attached hydrogens (primary N) is 2. The van der Waals surface area contributed by atoms with E-state index in [-0.39, 0.29) is 39.8 Å². The predicted octanol–water partition coefficient (Wildman–Crippen LogP) is 5.89. The van der Waals surface area contributed by atoms with Crippen molar-refractivity contribution in [3.8, 4) is 22.6 Å². The first-order chi connectivity index (χ1) is 20.0. The molecule has 0 bridgehead atoms. The second-order valence-corrected chi connectivity index (χ2v) is 11.4. The van der Waals surface area contributed by atoms with Crippen LogP contribution in [0.2, 0.25) is 0 Å². The highest BCUT2D eigenvalue weighted by molar-refractivity contribution is 7.90. The number of halogens is 6. The molecule has 0 aliphatic rings. The van der Waals surface area contributed by atoms with Gasteiger partial charge in [-0.3, -0.25) is 5.01 Å². The van der Waals surface area contributed by atoms with E-state index in [2.05, 4.69) is 9.72 Å². The fourth-order valence-corrected chi connectivity index (χ4v) is 4.97. The number of rotatable bonds is 8. The number of anilines is 1. The summed E-state index contributed by atoms with van der Waals surface area (Å²) >= 11 is 0. The molecule has 3 aromatic carbocycles. The minimum atomic E-state index is -4.97. The van der Waals surface area contributed by atoms with Crippen molar-refractivity contribution in [1.82, 2.24) is 9.55 Å². The van der Waals surface area contributed by atoms with Gasteiger partial charge in [0.05, 0.1) is 22.0 Å². The Labute approximate surface area is 242 Å². The molecule has 0 amide bonds. The third kappa shape index (κ3) is 7.29. The molecule has 0 atom stereocenters. The van der Waals surface area contributed by atoms with E-state index >= 15 is 0 Å². The number of sulfone groups is 1. The molecule has 1 aromatic heterocycles. The SMILES string of the molecule is Cc1nc(C(F)(F)F)cn1-c1ccc(-c2cccc(S(C)(=O)=O)c2)cc1N(N)/C(=C\N)Cc1ccccc1OC(F)(F)F. The molecule has 4 aromatic rings. The largest absolute Gasteiger partial charge is 0.573 e. The number of aromatic nitrogens is 2. The highest BCUT2D eigenvalue weighted by atomic mass is 32.2. The number of imidazole rings is 1. The summed E-state index contributed by atoms with van der Waals surface area (Å²) in [5.74, 6) is 5.95. The molecule has 0 unspecified atom stereocenters. The molecule has 0 aliphatic heterocycles. The van der Waals surface area contributed by atoms with E-state index < -0.39 is 33.8 Å². The van der Waals surface area contributed by atoms with Crippen molar-refractivity contribution in [3.63, 3.8) is 0 Å². The number of hydrogen-bond acceptors (Lipinski definition) is 7. The fourth-order valence-electron chi connectivity index (χ4n) is 4.31. The van der Waals surface area contributed by atoms with Crippen molar-refractivity contribution < 1.29 is 39.5 Å². The van der Waals surface area contributed by atoms with E-state index in [0.717, 1.165) is 34.3 Å². The van der Waals surface area contributed by atoms with E-state index in [9.17, 15) is 34.8 Å². The maximum atomic E-state index is 13.5. The average molecular weight is 626 g/mol. The van der Waals surface area contributed by atoms with Crippen LogP contribution in [0.15, 0.2) is 89.7 Å². The molecule has 1 heterocycles. The van der Waals surface area contributed by atoms with Crippen molar-refractivity contribution in [2.24, 2.45) is 11.6 Å². The van der Waals surface area contributed by atoms with Crippen LogP contribution in [0.3, 0.4) is 0 Å². The van der Waals surface area contributed by atoms with Gasteiger partial charge in [0, 0.05) is 30.6 Å². The molecule has 0 saturated heterocycles. The van der Waals surface area contributed by atoms with E-state index in [4.69, 9.17) is 11.6 Å². The molecule has 0 aliphatic carbocycles. The van der Waals surface area contributed by atoms with Crippen LogP contribution in [0, 0.1) is 6.92 Å². The van der Waals surface area contributed by atoms with E-state index in [0.29, 0.717) is 11.1 Å². The fraction of sp³-hybridized carbons (Fsp3) is 0.179. The van der Waals surface area contributed by atoms with Gasteiger partial charge in [0.25, 0.3) is 0 Å². The molecular weight excluding hydrogens is 600 g/mol. The Morgan fingerprint density at radius 3 is 2.28 bits per heavy atom. The van der Waals surface area contributed by atoms with Crippen molar-refractivity contribution in [3.05, 3.63) is 102 Å². The zero-order chi connectivity index (χ0) is 31.7. The normalized spacial score (nSPS) is 12.8. The Balaban J connectivity index is 1.86. The molecule has 43 heavy (non-hydrogen) atoms. The molecule has 0 radical (unpaired) electrons. The van der Waals surface area contributed by atoms with Crippen LogP contribution in [0.5, 0.6) is 5.75 Å². The second kappa shape index (κ2) is 11.6. The first-order valence-corrected chi connectivity index (χ1v) is 14.2. The summed E-state index contributed by atoms with van der Waals surface area (Å²) in [4.78, 5) is 3.64. The molecule has 0 fully saturated rings. The zero-order valence-corrected chi connectivity index (χ0v) is 23.4. The summed E-state index contributed by atoms with van der Waals surface area (Å²) in [6.45, 7) is 1.35. The summed E-state index contributed by atoms with van der Waals surface area (Å²) < 4.78 is 109. The predicted molar refractivity (Wildman–Crippen MR) is 148 cm³/mol. The Morgan fingerprint density at radius 2 is 1.67 bits per heavy atom. The molecule has 15 heteroatoms. The van der Waals surface area contributed by atoms with Crippen LogP contribution < -0.4 is 21.3 Å². The van der Waals surface area contributed by atoms with Gasteiger partial charge in [-0.05, 0) is 48.4 Å². The van der Waals surface area contributed by atoms with Crippen molar-refractivity contribution in [2.45, 2.75) is 30.8 Å². The van der Waals surface area contributed by atoms with Gasteiger partial charge in [0.2, 0.25) is 0 Å². The van der Waals surface area contributed by atoms with Crippen LogP contribution in [-0.2, 0) is 22.4 Å². The van der Waals surface area contributed by atoms with E-state index in [1.165, 1.54) is 55.5 Å². The monoisotopic (exact) mass is 625 g/mol.